The van der Waals surface area contributed by atoms with Gasteiger partial charge in [0, 0.05) is 0 Å². The number of thiazole rings is 1. The van der Waals surface area contributed by atoms with Gasteiger partial charge in [-0.3, -0.25) is 0 Å². The number of aromatic nitrogens is 1. The molecule has 0 radical (unpaired) electrons. The van der Waals surface area contributed by atoms with E-state index in [0.717, 1.165) is 10.2 Å². The molecule has 0 aliphatic heterocycles. The van der Waals surface area contributed by atoms with Gasteiger partial charge >= 0.3 is 80.9 Å². The van der Waals surface area contributed by atoms with Crippen LogP contribution in [0.4, 0.5) is 0 Å². The second-order valence-electron chi connectivity index (χ2n) is 2.72. The summed E-state index contributed by atoms with van der Waals surface area (Å²) in [6.45, 7) is 0. The first kappa shape index (κ1) is 8.81. The Morgan fingerprint density at radius 3 is 2.62 bits per heavy atom. The molecule has 2 rings (SSSR count). The molecule has 68 valence electrons. The number of hydrogen-bond acceptors (Lipinski definition) is 4. The van der Waals surface area contributed by atoms with Crippen LogP contribution in [0.25, 0.3) is 10.2 Å². The zero-order valence-corrected chi connectivity index (χ0v) is 9.42. The Hall–Kier alpha value is -0.771. The summed E-state index contributed by atoms with van der Waals surface area (Å²) in [7, 11) is 0. The predicted octanol–water partition coefficient (Wildman–Crippen LogP) is 1.44. The van der Waals surface area contributed by atoms with Crippen molar-refractivity contribution in [3.8, 4) is 0 Å². The normalized spacial score (nSPS) is 12.1. The summed E-state index contributed by atoms with van der Waals surface area (Å²) in [5.74, 6) is 1.24. The molecule has 5 heteroatoms. The van der Waals surface area contributed by atoms with E-state index in [-0.39, 0.29) is 3.91 Å². The summed E-state index contributed by atoms with van der Waals surface area (Å²) >= 11 is -2.64. The summed E-state index contributed by atoms with van der Waals surface area (Å²) in [4.78, 5) is 4.05. The van der Waals surface area contributed by atoms with E-state index in [1.165, 1.54) is 17.2 Å². The topological polar surface area (TPSA) is 47.0 Å². The average Bonchev–Trinajstić information content (AvgIpc) is 2.45. The molecule has 0 aliphatic carbocycles. The molecule has 1 aromatic heterocycles. The molecule has 0 atom stereocenters. The number of para-hydroxylation sites is 1. The first-order valence-corrected chi connectivity index (χ1v) is 8.41. The zero-order valence-electron chi connectivity index (χ0n) is 6.89. The van der Waals surface area contributed by atoms with E-state index in [0.29, 0.717) is 0 Å². The van der Waals surface area contributed by atoms with Gasteiger partial charge < -0.3 is 0 Å². The van der Waals surface area contributed by atoms with Gasteiger partial charge in [-0.1, -0.05) is 0 Å². The molecule has 2 aromatic rings. The molecule has 1 aromatic carbocycles. The monoisotopic (exact) mass is 261 g/mol. The fourth-order valence-electron chi connectivity index (χ4n) is 1.01. The quantitative estimate of drug-likeness (QED) is 0.729. The van der Waals surface area contributed by atoms with Crippen LogP contribution in [0, 0.1) is 0 Å². The number of benzene rings is 1. The van der Waals surface area contributed by atoms with Crippen LogP contribution in [0.5, 0.6) is 0 Å². The van der Waals surface area contributed by atoms with Crippen molar-refractivity contribution in [3.63, 3.8) is 0 Å². The maximum absolute atomic E-state index is 11.2. The van der Waals surface area contributed by atoms with E-state index in [4.69, 9.17) is 0 Å². The standard InChI is InChI=1S/C8H7NO2SSe/c1-13(10,11)8-9-6-4-2-3-5-7(6)12-8/h2-5H,1H3. The van der Waals surface area contributed by atoms with Gasteiger partial charge in [-0.05, 0) is 0 Å². The van der Waals surface area contributed by atoms with Crippen LogP contribution in [0.3, 0.4) is 0 Å². The van der Waals surface area contributed by atoms with Gasteiger partial charge in [-0.25, -0.2) is 0 Å². The third-order valence-corrected chi connectivity index (χ3v) is 6.04. The Labute approximate surface area is 81.0 Å². The third-order valence-electron chi connectivity index (χ3n) is 1.59. The summed E-state index contributed by atoms with van der Waals surface area (Å²) in [6, 6.07) is 7.42. The van der Waals surface area contributed by atoms with Gasteiger partial charge in [0.2, 0.25) is 0 Å². The summed E-state index contributed by atoms with van der Waals surface area (Å²) in [5, 5.41) is 0. The SMILES string of the molecule is C[Se](=O)(=O)c1nc2ccccc2s1. The van der Waals surface area contributed by atoms with Crippen LogP contribution in [0.2, 0.25) is 5.82 Å². The molecule has 0 aliphatic rings. The van der Waals surface area contributed by atoms with Crippen LogP contribution < -0.4 is 3.91 Å². The molecule has 0 unspecified atom stereocenters. The van der Waals surface area contributed by atoms with Crippen molar-refractivity contribution in [1.29, 1.82) is 0 Å². The third kappa shape index (κ3) is 1.63. The van der Waals surface area contributed by atoms with E-state index in [1.54, 1.807) is 0 Å². The molecule has 1 heterocycles. The van der Waals surface area contributed by atoms with Gasteiger partial charge in [-0.15, -0.1) is 0 Å². The van der Waals surface area contributed by atoms with Gasteiger partial charge in [-0.2, -0.15) is 0 Å². The number of nitrogens with zero attached hydrogens (tertiary/aromatic N) is 1. The molecular weight excluding hydrogens is 253 g/mol. The van der Waals surface area contributed by atoms with Gasteiger partial charge in [0.25, 0.3) is 0 Å². The van der Waals surface area contributed by atoms with Crippen molar-refractivity contribution in [2.24, 2.45) is 0 Å². The van der Waals surface area contributed by atoms with Crippen LogP contribution in [0.15, 0.2) is 24.3 Å². The molecular formula is C8H7NO2SSe. The predicted molar refractivity (Wildman–Crippen MR) is 52.2 cm³/mol. The summed E-state index contributed by atoms with van der Waals surface area (Å²) in [6.07, 6.45) is 0. The van der Waals surface area contributed by atoms with E-state index < -0.39 is 12.7 Å². The number of fused-ring (bicyclic) bond motifs is 1. The van der Waals surface area contributed by atoms with Crippen molar-refractivity contribution >= 4 is 38.2 Å². The molecule has 13 heavy (non-hydrogen) atoms. The average molecular weight is 260 g/mol. The fraction of sp³-hybridized carbons (Fsp3) is 0.125. The Morgan fingerprint density at radius 2 is 2.00 bits per heavy atom. The minimum atomic E-state index is -3.88. The van der Waals surface area contributed by atoms with Crippen LogP contribution in [-0.2, 0) is 7.67 Å². The Kier molecular flexibility index (Phi) is 1.95. The molecule has 0 saturated carbocycles. The van der Waals surface area contributed by atoms with Crippen molar-refractivity contribution in [2.45, 2.75) is 5.82 Å². The molecule has 0 amide bonds. The van der Waals surface area contributed by atoms with Crippen LogP contribution >= 0.6 is 11.3 Å². The minimum absolute atomic E-state index is 0.262. The van der Waals surface area contributed by atoms with E-state index in [9.17, 15) is 7.67 Å². The molecule has 0 spiro atoms. The second kappa shape index (κ2) is 2.87. The Bertz CT molecular complexity index is 511. The van der Waals surface area contributed by atoms with Crippen molar-refractivity contribution in [1.82, 2.24) is 4.98 Å². The van der Waals surface area contributed by atoms with Gasteiger partial charge in [0.05, 0.1) is 0 Å². The Balaban J connectivity index is 2.77. The first-order chi connectivity index (χ1) is 6.07. The molecule has 3 nitrogen and oxygen atoms in total. The molecule has 0 fully saturated rings. The van der Waals surface area contributed by atoms with Crippen molar-refractivity contribution in [2.75, 3.05) is 0 Å². The Morgan fingerprint density at radius 1 is 1.31 bits per heavy atom. The van der Waals surface area contributed by atoms with Crippen molar-refractivity contribution < 1.29 is 7.67 Å². The zero-order chi connectivity index (χ0) is 9.47. The van der Waals surface area contributed by atoms with E-state index in [2.05, 4.69) is 4.98 Å². The van der Waals surface area contributed by atoms with Gasteiger partial charge in [0.15, 0.2) is 0 Å². The molecule has 0 saturated heterocycles. The fourth-order valence-corrected chi connectivity index (χ4v) is 3.93. The van der Waals surface area contributed by atoms with Gasteiger partial charge in [0.1, 0.15) is 0 Å². The van der Waals surface area contributed by atoms with Crippen molar-refractivity contribution in [3.05, 3.63) is 24.3 Å². The van der Waals surface area contributed by atoms with Crippen LogP contribution in [-0.4, -0.2) is 17.7 Å². The maximum atomic E-state index is 11.2. The first-order valence-electron chi connectivity index (χ1n) is 3.63. The summed E-state index contributed by atoms with van der Waals surface area (Å²) in [5.41, 5.74) is 0.762. The van der Waals surface area contributed by atoms with E-state index in [1.807, 2.05) is 24.3 Å². The summed E-state index contributed by atoms with van der Waals surface area (Å²) < 4.78 is 23.6. The van der Waals surface area contributed by atoms with Crippen LogP contribution in [0.1, 0.15) is 0 Å². The number of rotatable bonds is 1. The molecule has 0 bridgehead atoms. The molecule has 0 N–H and O–H groups in total. The van der Waals surface area contributed by atoms with E-state index >= 15 is 0 Å². The second-order valence-corrected chi connectivity index (χ2v) is 8.39. The number of hydrogen-bond donors (Lipinski definition) is 0.